The Bertz CT molecular complexity index is 508. The van der Waals surface area contributed by atoms with E-state index in [9.17, 15) is 9.59 Å². The number of carboxylic acid groups (broad SMARTS) is 1. The Hall–Kier alpha value is -1.46. The fourth-order valence-electron chi connectivity index (χ4n) is 1.51. The summed E-state index contributed by atoms with van der Waals surface area (Å²) in [4.78, 5) is 22.3. The number of hydrogen-bond acceptors (Lipinski definition) is 2. The lowest BCUT2D eigenvalue weighted by Crippen LogP contribution is -2.40. The average molecular weight is 319 g/mol. The number of carbonyl (C=O) groups is 2. The minimum Gasteiger partial charge on any atom is -0.481 e. The molecule has 0 spiro atoms. The molecule has 0 aliphatic heterocycles. The second kappa shape index (κ2) is 7.36. The quantitative estimate of drug-likeness (QED) is 0.780. The molecule has 20 heavy (non-hydrogen) atoms. The summed E-state index contributed by atoms with van der Waals surface area (Å²) in [5.74, 6) is -1.60. The summed E-state index contributed by atoms with van der Waals surface area (Å²) in [7, 11) is 0. The predicted molar refractivity (Wildman–Crippen MR) is 78.2 cm³/mol. The third-order valence-electron chi connectivity index (χ3n) is 2.77. The number of nitrogens with one attached hydrogen (secondary N) is 2. The number of amides is 2. The average Bonchev–Trinajstić information content (AvgIpc) is 2.35. The predicted octanol–water partition coefficient (Wildman–Crippen LogP) is 3.07. The van der Waals surface area contributed by atoms with Gasteiger partial charge in [0.15, 0.2) is 0 Å². The summed E-state index contributed by atoms with van der Waals surface area (Å²) in [5, 5.41) is 14.9. The van der Waals surface area contributed by atoms with E-state index < -0.39 is 17.9 Å². The van der Waals surface area contributed by atoms with Crippen molar-refractivity contribution in [1.82, 2.24) is 10.6 Å². The number of aliphatic carboxylic acids is 1. The van der Waals surface area contributed by atoms with Gasteiger partial charge in [0.05, 0.1) is 12.0 Å². The first-order valence-corrected chi connectivity index (χ1v) is 6.79. The lowest BCUT2D eigenvalue weighted by atomic mass is 10.1. The van der Waals surface area contributed by atoms with E-state index in [1.165, 1.54) is 6.92 Å². The van der Waals surface area contributed by atoms with Gasteiger partial charge in [-0.15, -0.1) is 0 Å². The van der Waals surface area contributed by atoms with Gasteiger partial charge in [0, 0.05) is 16.6 Å². The van der Waals surface area contributed by atoms with E-state index in [1.54, 1.807) is 25.1 Å². The molecule has 2 amide bonds. The molecule has 5 nitrogen and oxygen atoms in total. The maximum Gasteiger partial charge on any atom is 0.315 e. The van der Waals surface area contributed by atoms with Crippen molar-refractivity contribution in [2.24, 2.45) is 5.92 Å². The van der Waals surface area contributed by atoms with Crippen LogP contribution in [0.15, 0.2) is 18.2 Å². The molecule has 1 aromatic carbocycles. The molecule has 0 bridgehead atoms. The van der Waals surface area contributed by atoms with E-state index in [1.807, 2.05) is 0 Å². The van der Waals surface area contributed by atoms with Crippen LogP contribution >= 0.6 is 23.2 Å². The molecule has 2 atom stereocenters. The van der Waals surface area contributed by atoms with Gasteiger partial charge >= 0.3 is 12.0 Å². The molecule has 3 N–H and O–H groups in total. The molecular formula is C13H16Cl2N2O3. The van der Waals surface area contributed by atoms with E-state index in [0.29, 0.717) is 10.0 Å². The zero-order valence-corrected chi connectivity index (χ0v) is 12.6. The SMILES string of the molecule is CC(CNC(=O)NC(C)c1ccc(Cl)cc1Cl)C(=O)O. The van der Waals surface area contributed by atoms with Crippen molar-refractivity contribution in [1.29, 1.82) is 0 Å². The Balaban J connectivity index is 2.55. The topological polar surface area (TPSA) is 78.4 Å². The number of urea groups is 1. The highest BCUT2D eigenvalue weighted by molar-refractivity contribution is 6.35. The fourth-order valence-corrected chi connectivity index (χ4v) is 2.08. The molecule has 0 saturated heterocycles. The van der Waals surface area contributed by atoms with E-state index in [4.69, 9.17) is 28.3 Å². The Labute approximate surface area is 127 Å². The number of carboxylic acids is 1. The van der Waals surface area contributed by atoms with Crippen LogP contribution in [-0.2, 0) is 4.79 Å². The number of benzene rings is 1. The van der Waals surface area contributed by atoms with Gasteiger partial charge in [0.25, 0.3) is 0 Å². The molecule has 7 heteroatoms. The Morgan fingerprint density at radius 1 is 1.30 bits per heavy atom. The summed E-state index contributed by atoms with van der Waals surface area (Å²) in [6.45, 7) is 3.35. The number of hydrogen-bond donors (Lipinski definition) is 3. The van der Waals surface area contributed by atoms with E-state index in [0.717, 1.165) is 5.56 Å². The van der Waals surface area contributed by atoms with Crippen molar-refractivity contribution in [2.45, 2.75) is 19.9 Å². The monoisotopic (exact) mass is 318 g/mol. The first-order valence-electron chi connectivity index (χ1n) is 6.03. The highest BCUT2D eigenvalue weighted by Gasteiger charge is 2.15. The van der Waals surface area contributed by atoms with Crippen molar-refractivity contribution < 1.29 is 14.7 Å². The molecule has 0 heterocycles. The summed E-state index contributed by atoms with van der Waals surface area (Å²) < 4.78 is 0. The minimum absolute atomic E-state index is 0.0578. The van der Waals surface area contributed by atoms with Crippen LogP contribution < -0.4 is 10.6 Å². The Kier molecular flexibility index (Phi) is 6.10. The van der Waals surface area contributed by atoms with Crippen LogP contribution in [0, 0.1) is 5.92 Å². The first kappa shape index (κ1) is 16.6. The van der Waals surface area contributed by atoms with E-state index in [2.05, 4.69) is 10.6 Å². The molecule has 0 aliphatic rings. The van der Waals surface area contributed by atoms with Gasteiger partial charge in [-0.2, -0.15) is 0 Å². The standard InChI is InChI=1S/C13H16Cl2N2O3/c1-7(12(18)19)6-16-13(20)17-8(2)10-4-3-9(14)5-11(10)15/h3-5,7-8H,6H2,1-2H3,(H,18,19)(H2,16,17,20). The second-order valence-corrected chi connectivity index (χ2v) is 5.32. The third-order valence-corrected chi connectivity index (χ3v) is 3.33. The van der Waals surface area contributed by atoms with Crippen LogP contribution in [0.4, 0.5) is 4.79 Å². The van der Waals surface area contributed by atoms with Gasteiger partial charge in [0.2, 0.25) is 0 Å². The normalized spacial score (nSPS) is 13.4. The van der Waals surface area contributed by atoms with Crippen molar-refractivity contribution in [2.75, 3.05) is 6.54 Å². The van der Waals surface area contributed by atoms with Gasteiger partial charge in [-0.3, -0.25) is 4.79 Å². The molecule has 1 aromatic rings. The second-order valence-electron chi connectivity index (χ2n) is 4.48. The molecule has 0 aliphatic carbocycles. The van der Waals surface area contributed by atoms with Gasteiger partial charge in [0.1, 0.15) is 0 Å². The van der Waals surface area contributed by atoms with Crippen LogP contribution in [0.5, 0.6) is 0 Å². The van der Waals surface area contributed by atoms with Crippen molar-refractivity contribution >= 4 is 35.2 Å². The van der Waals surface area contributed by atoms with Crippen LogP contribution in [-0.4, -0.2) is 23.7 Å². The van der Waals surface area contributed by atoms with Crippen molar-refractivity contribution in [3.05, 3.63) is 33.8 Å². The Morgan fingerprint density at radius 3 is 2.50 bits per heavy atom. The zero-order chi connectivity index (χ0) is 15.3. The molecule has 0 aromatic heterocycles. The molecule has 0 saturated carbocycles. The van der Waals surface area contributed by atoms with Crippen LogP contribution in [0.2, 0.25) is 10.0 Å². The van der Waals surface area contributed by atoms with Crippen LogP contribution in [0.1, 0.15) is 25.5 Å². The van der Waals surface area contributed by atoms with Gasteiger partial charge in [-0.1, -0.05) is 36.2 Å². The highest BCUT2D eigenvalue weighted by Crippen LogP contribution is 2.25. The van der Waals surface area contributed by atoms with Crippen LogP contribution in [0.3, 0.4) is 0 Å². The number of halogens is 2. The summed E-state index contributed by atoms with van der Waals surface area (Å²) >= 11 is 11.8. The summed E-state index contributed by atoms with van der Waals surface area (Å²) in [6.07, 6.45) is 0. The molecule has 1 rings (SSSR count). The van der Waals surface area contributed by atoms with Gasteiger partial charge < -0.3 is 15.7 Å². The van der Waals surface area contributed by atoms with Crippen molar-refractivity contribution in [3.63, 3.8) is 0 Å². The zero-order valence-electron chi connectivity index (χ0n) is 11.1. The molecular weight excluding hydrogens is 303 g/mol. The summed E-state index contributed by atoms with van der Waals surface area (Å²) in [5.41, 5.74) is 0.734. The third kappa shape index (κ3) is 4.90. The van der Waals surface area contributed by atoms with Gasteiger partial charge in [-0.05, 0) is 24.6 Å². The van der Waals surface area contributed by atoms with E-state index >= 15 is 0 Å². The molecule has 2 unspecified atom stereocenters. The maximum absolute atomic E-state index is 11.6. The molecule has 110 valence electrons. The minimum atomic E-state index is -0.959. The molecule has 0 radical (unpaired) electrons. The van der Waals surface area contributed by atoms with Crippen LogP contribution in [0.25, 0.3) is 0 Å². The lowest BCUT2D eigenvalue weighted by Gasteiger charge is -2.17. The molecule has 0 fully saturated rings. The first-order chi connectivity index (χ1) is 9.31. The number of rotatable bonds is 5. The fraction of sp³-hybridized carbons (Fsp3) is 0.385. The smallest absolute Gasteiger partial charge is 0.315 e. The van der Waals surface area contributed by atoms with E-state index in [-0.39, 0.29) is 12.6 Å². The van der Waals surface area contributed by atoms with Gasteiger partial charge in [-0.25, -0.2) is 4.79 Å². The maximum atomic E-state index is 11.6. The van der Waals surface area contributed by atoms with Crippen molar-refractivity contribution in [3.8, 4) is 0 Å². The Morgan fingerprint density at radius 2 is 1.95 bits per heavy atom. The largest absolute Gasteiger partial charge is 0.481 e. The lowest BCUT2D eigenvalue weighted by molar-refractivity contribution is -0.140. The highest BCUT2D eigenvalue weighted by atomic mass is 35.5. The number of carbonyl (C=O) groups excluding carboxylic acids is 1. The summed E-state index contributed by atoms with van der Waals surface area (Å²) in [6, 6.07) is 4.25.